The second-order valence-corrected chi connectivity index (χ2v) is 4.95. The van der Waals surface area contributed by atoms with E-state index < -0.39 is 0 Å². The van der Waals surface area contributed by atoms with E-state index in [0.717, 1.165) is 21.1 Å². The van der Waals surface area contributed by atoms with Crippen molar-refractivity contribution in [2.24, 2.45) is 0 Å². The molecule has 0 aliphatic carbocycles. The third kappa shape index (κ3) is 2.66. The number of aliphatic hydroxyl groups excluding tert-OH is 1. The minimum Gasteiger partial charge on any atom is -0.391 e. The highest BCUT2D eigenvalue weighted by molar-refractivity contribution is 7.15. The molecule has 0 amide bonds. The topological polar surface area (TPSA) is 42.4 Å². The molecule has 90 valence electrons. The van der Waals surface area contributed by atoms with E-state index in [9.17, 15) is 5.11 Å². The van der Waals surface area contributed by atoms with E-state index in [1.807, 2.05) is 24.3 Å². The van der Waals surface area contributed by atoms with Gasteiger partial charge in [0.15, 0.2) is 0 Å². The van der Waals surface area contributed by atoms with Gasteiger partial charge in [-0.1, -0.05) is 29.8 Å². The Balaban J connectivity index is 2.43. The first-order valence-electron chi connectivity index (χ1n) is 5.09. The fraction of sp³-hybridized carbons (Fsp3) is 0.250. The first kappa shape index (κ1) is 12.5. The van der Waals surface area contributed by atoms with Crippen LogP contribution >= 0.6 is 22.9 Å². The fourth-order valence-electron chi connectivity index (χ4n) is 1.51. The number of aromatic nitrogens is 1. The molecule has 0 unspecified atom stereocenters. The summed E-state index contributed by atoms with van der Waals surface area (Å²) < 4.78 is 5.05. The third-order valence-corrected chi connectivity index (χ3v) is 3.75. The van der Waals surface area contributed by atoms with Crippen LogP contribution in [0.15, 0.2) is 24.3 Å². The van der Waals surface area contributed by atoms with Crippen LogP contribution in [0.1, 0.15) is 10.6 Å². The molecule has 1 heterocycles. The van der Waals surface area contributed by atoms with Crippen LogP contribution in [-0.4, -0.2) is 17.2 Å². The molecule has 2 rings (SSSR count). The van der Waals surface area contributed by atoms with Gasteiger partial charge in [0.1, 0.15) is 5.01 Å². The van der Waals surface area contributed by atoms with Gasteiger partial charge in [-0.2, -0.15) is 0 Å². The lowest BCUT2D eigenvalue weighted by atomic mass is 10.2. The largest absolute Gasteiger partial charge is 0.391 e. The second kappa shape index (κ2) is 5.60. The molecule has 1 aromatic heterocycles. The van der Waals surface area contributed by atoms with Gasteiger partial charge in [0.05, 0.1) is 28.8 Å². The highest BCUT2D eigenvalue weighted by atomic mass is 35.5. The Kier molecular flexibility index (Phi) is 4.12. The predicted octanol–water partition coefficient (Wildman–Crippen LogP) is 3.10. The van der Waals surface area contributed by atoms with Crippen molar-refractivity contribution in [1.29, 1.82) is 0 Å². The van der Waals surface area contributed by atoms with Crippen LogP contribution in [0, 0.1) is 0 Å². The molecule has 1 N–H and O–H groups in total. The molecule has 5 heteroatoms. The van der Waals surface area contributed by atoms with Gasteiger partial charge >= 0.3 is 0 Å². The summed E-state index contributed by atoms with van der Waals surface area (Å²) in [5.74, 6) is 0. The lowest BCUT2D eigenvalue weighted by Gasteiger charge is -1.98. The summed E-state index contributed by atoms with van der Waals surface area (Å²) in [5.41, 5.74) is 1.66. The summed E-state index contributed by atoms with van der Waals surface area (Å²) in [5, 5.41) is 10.7. The van der Waals surface area contributed by atoms with Gasteiger partial charge < -0.3 is 9.84 Å². The highest BCUT2D eigenvalue weighted by Gasteiger charge is 2.13. The average molecular weight is 270 g/mol. The number of hydrogen-bond acceptors (Lipinski definition) is 4. The van der Waals surface area contributed by atoms with Crippen LogP contribution < -0.4 is 0 Å². The molecule has 0 atom stereocenters. The number of aliphatic hydroxyl groups is 1. The van der Waals surface area contributed by atoms with E-state index in [2.05, 4.69) is 4.98 Å². The van der Waals surface area contributed by atoms with E-state index in [4.69, 9.17) is 16.3 Å². The second-order valence-electron chi connectivity index (χ2n) is 3.46. The van der Waals surface area contributed by atoms with Crippen LogP contribution in [0.3, 0.4) is 0 Å². The number of ether oxygens (including phenoxy) is 1. The Bertz CT molecular complexity index is 513. The van der Waals surface area contributed by atoms with Crippen molar-refractivity contribution in [3.05, 3.63) is 39.9 Å². The van der Waals surface area contributed by atoms with Gasteiger partial charge in [-0.25, -0.2) is 4.98 Å². The zero-order valence-electron chi connectivity index (χ0n) is 9.31. The summed E-state index contributed by atoms with van der Waals surface area (Å²) >= 11 is 7.55. The Morgan fingerprint density at radius 1 is 1.41 bits per heavy atom. The molecule has 17 heavy (non-hydrogen) atoms. The predicted molar refractivity (Wildman–Crippen MR) is 69.2 cm³/mol. The lowest BCUT2D eigenvalue weighted by molar-refractivity contribution is 0.179. The van der Waals surface area contributed by atoms with Crippen LogP contribution in [0.25, 0.3) is 10.6 Å². The molecular formula is C12H12ClNO2S. The normalized spacial score (nSPS) is 10.8. The van der Waals surface area contributed by atoms with Crippen LogP contribution in [0.2, 0.25) is 5.02 Å². The fourth-order valence-corrected chi connectivity index (χ4v) is 2.75. The minimum atomic E-state index is -0.0270. The maximum Gasteiger partial charge on any atom is 0.125 e. The Labute approximate surface area is 109 Å². The average Bonchev–Trinajstić information content (AvgIpc) is 2.73. The maximum atomic E-state index is 9.26. The van der Waals surface area contributed by atoms with Crippen molar-refractivity contribution in [2.75, 3.05) is 7.11 Å². The van der Waals surface area contributed by atoms with Gasteiger partial charge in [-0.15, -0.1) is 11.3 Å². The SMILES string of the molecule is COCc1nc(-c2ccccc2Cl)sc1CO. The molecule has 3 nitrogen and oxygen atoms in total. The monoisotopic (exact) mass is 269 g/mol. The molecule has 0 aliphatic rings. The smallest absolute Gasteiger partial charge is 0.125 e. The van der Waals surface area contributed by atoms with E-state index in [-0.39, 0.29) is 6.61 Å². The highest BCUT2D eigenvalue weighted by Crippen LogP contribution is 2.33. The Morgan fingerprint density at radius 2 is 2.18 bits per heavy atom. The van der Waals surface area contributed by atoms with E-state index in [1.54, 1.807) is 7.11 Å². The van der Waals surface area contributed by atoms with Crippen molar-refractivity contribution in [3.63, 3.8) is 0 Å². The molecule has 1 aromatic carbocycles. The number of hydrogen-bond donors (Lipinski definition) is 1. The van der Waals surface area contributed by atoms with Crippen LogP contribution in [-0.2, 0) is 18.0 Å². The molecule has 0 bridgehead atoms. The van der Waals surface area contributed by atoms with Crippen LogP contribution in [0.5, 0.6) is 0 Å². The summed E-state index contributed by atoms with van der Waals surface area (Å²) in [6.07, 6.45) is 0. The first-order valence-corrected chi connectivity index (χ1v) is 6.29. The number of rotatable bonds is 4. The standard InChI is InChI=1S/C12H12ClNO2S/c1-16-7-10-11(6-15)17-12(14-10)8-4-2-3-5-9(8)13/h2-5,15H,6-7H2,1H3. The summed E-state index contributed by atoms with van der Waals surface area (Å²) in [6.45, 7) is 0.373. The number of benzene rings is 1. The summed E-state index contributed by atoms with van der Waals surface area (Å²) in [7, 11) is 1.61. The van der Waals surface area contributed by atoms with Gasteiger partial charge in [0.2, 0.25) is 0 Å². The van der Waals surface area contributed by atoms with Gasteiger partial charge in [-0.3, -0.25) is 0 Å². The molecular weight excluding hydrogens is 258 g/mol. The van der Waals surface area contributed by atoms with Gasteiger partial charge in [0, 0.05) is 12.7 Å². The van der Waals surface area contributed by atoms with Crippen molar-refractivity contribution in [2.45, 2.75) is 13.2 Å². The number of halogens is 1. The zero-order chi connectivity index (χ0) is 12.3. The quantitative estimate of drug-likeness (QED) is 0.927. The van der Waals surface area contributed by atoms with Crippen LogP contribution in [0.4, 0.5) is 0 Å². The Hall–Kier alpha value is -0.940. The molecule has 2 aromatic rings. The van der Waals surface area contributed by atoms with E-state index in [1.165, 1.54) is 11.3 Å². The number of nitrogens with zero attached hydrogens (tertiary/aromatic N) is 1. The molecule has 0 spiro atoms. The van der Waals surface area contributed by atoms with Gasteiger partial charge in [0.25, 0.3) is 0 Å². The van der Waals surface area contributed by atoms with Crippen molar-refractivity contribution < 1.29 is 9.84 Å². The third-order valence-electron chi connectivity index (χ3n) is 2.31. The molecule has 0 saturated heterocycles. The molecule has 0 aliphatic heterocycles. The Morgan fingerprint density at radius 3 is 2.82 bits per heavy atom. The van der Waals surface area contributed by atoms with Crippen molar-refractivity contribution >= 4 is 22.9 Å². The van der Waals surface area contributed by atoms with Crippen molar-refractivity contribution in [1.82, 2.24) is 4.98 Å². The number of thiazole rings is 1. The molecule has 0 radical (unpaired) electrons. The maximum absolute atomic E-state index is 9.26. The zero-order valence-corrected chi connectivity index (χ0v) is 10.9. The molecule has 0 fully saturated rings. The molecule has 0 saturated carbocycles. The van der Waals surface area contributed by atoms with Gasteiger partial charge in [-0.05, 0) is 6.07 Å². The lowest BCUT2D eigenvalue weighted by Crippen LogP contribution is -1.92. The minimum absolute atomic E-state index is 0.0270. The van der Waals surface area contributed by atoms with E-state index in [0.29, 0.717) is 11.6 Å². The van der Waals surface area contributed by atoms with E-state index >= 15 is 0 Å². The first-order chi connectivity index (χ1) is 8.26. The number of methoxy groups -OCH3 is 1. The summed E-state index contributed by atoms with van der Waals surface area (Å²) in [6, 6.07) is 7.53. The summed E-state index contributed by atoms with van der Waals surface area (Å²) in [4.78, 5) is 5.27. The van der Waals surface area contributed by atoms with Crippen molar-refractivity contribution in [3.8, 4) is 10.6 Å².